The van der Waals surface area contributed by atoms with Gasteiger partial charge in [0.25, 0.3) is 0 Å². The molecule has 3 rings (SSSR count). The van der Waals surface area contributed by atoms with E-state index in [-0.39, 0.29) is 30.4 Å². The number of nitrogens with one attached hydrogen (secondary N) is 2. The SMILES string of the molecule is CCOC(=O)C1CCC(NC(=NC)NCC(=O)N2CCC(Cc3ccccc3)CC2)CC1. The monoisotopic (exact) mass is 442 g/mol. The molecule has 0 spiro atoms. The van der Waals surface area contributed by atoms with E-state index in [9.17, 15) is 9.59 Å². The second-order valence-corrected chi connectivity index (χ2v) is 8.88. The van der Waals surface area contributed by atoms with Gasteiger partial charge in [-0.3, -0.25) is 14.6 Å². The summed E-state index contributed by atoms with van der Waals surface area (Å²) in [5, 5.41) is 6.58. The highest BCUT2D eigenvalue weighted by Gasteiger charge is 2.28. The zero-order valence-corrected chi connectivity index (χ0v) is 19.5. The van der Waals surface area contributed by atoms with Crippen LogP contribution in [0.4, 0.5) is 0 Å². The van der Waals surface area contributed by atoms with E-state index >= 15 is 0 Å². The molecule has 1 aliphatic carbocycles. The largest absolute Gasteiger partial charge is 0.466 e. The number of esters is 1. The first kappa shape index (κ1) is 24.1. The smallest absolute Gasteiger partial charge is 0.308 e. The molecule has 32 heavy (non-hydrogen) atoms. The maximum absolute atomic E-state index is 12.7. The fourth-order valence-corrected chi connectivity index (χ4v) is 4.73. The van der Waals surface area contributed by atoms with E-state index in [1.165, 1.54) is 5.56 Å². The summed E-state index contributed by atoms with van der Waals surface area (Å²) in [6.07, 6.45) is 6.64. The Balaban J connectivity index is 1.35. The second kappa shape index (κ2) is 12.5. The highest BCUT2D eigenvalue weighted by molar-refractivity contribution is 5.86. The van der Waals surface area contributed by atoms with Crippen LogP contribution < -0.4 is 10.6 Å². The van der Waals surface area contributed by atoms with Crippen LogP contribution in [-0.4, -0.2) is 62.1 Å². The minimum Gasteiger partial charge on any atom is -0.466 e. The van der Waals surface area contributed by atoms with Gasteiger partial charge < -0.3 is 20.3 Å². The van der Waals surface area contributed by atoms with Crippen LogP contribution in [0.15, 0.2) is 35.3 Å². The minimum absolute atomic E-state index is 0.00868. The number of ether oxygens (including phenoxy) is 1. The fourth-order valence-electron chi connectivity index (χ4n) is 4.73. The summed E-state index contributed by atoms with van der Waals surface area (Å²) in [6.45, 7) is 4.17. The number of likely N-dealkylation sites (tertiary alicyclic amines) is 1. The summed E-state index contributed by atoms with van der Waals surface area (Å²) in [6, 6.07) is 10.9. The Morgan fingerprint density at radius 2 is 1.75 bits per heavy atom. The lowest BCUT2D eigenvalue weighted by molar-refractivity contribution is -0.149. The third-order valence-corrected chi connectivity index (χ3v) is 6.65. The van der Waals surface area contributed by atoms with Crippen LogP contribution in [0.25, 0.3) is 0 Å². The second-order valence-electron chi connectivity index (χ2n) is 8.88. The van der Waals surface area contributed by atoms with Gasteiger partial charge in [-0.1, -0.05) is 30.3 Å². The lowest BCUT2D eigenvalue weighted by Crippen LogP contribution is -2.49. The number of hydrogen-bond donors (Lipinski definition) is 2. The van der Waals surface area contributed by atoms with Crippen molar-refractivity contribution in [3.8, 4) is 0 Å². The van der Waals surface area contributed by atoms with E-state index in [0.717, 1.165) is 58.0 Å². The van der Waals surface area contributed by atoms with Crippen LogP contribution in [-0.2, 0) is 20.7 Å². The van der Waals surface area contributed by atoms with Gasteiger partial charge in [-0.15, -0.1) is 0 Å². The zero-order valence-electron chi connectivity index (χ0n) is 19.5. The van der Waals surface area contributed by atoms with Gasteiger partial charge in [-0.2, -0.15) is 0 Å². The van der Waals surface area contributed by atoms with Crippen LogP contribution in [0.5, 0.6) is 0 Å². The zero-order chi connectivity index (χ0) is 22.8. The Morgan fingerprint density at radius 3 is 2.38 bits per heavy atom. The molecule has 176 valence electrons. The molecule has 7 heteroatoms. The molecule has 2 aliphatic rings. The van der Waals surface area contributed by atoms with Crippen LogP contribution in [0, 0.1) is 11.8 Å². The van der Waals surface area contributed by atoms with Crippen LogP contribution >= 0.6 is 0 Å². The van der Waals surface area contributed by atoms with E-state index in [4.69, 9.17) is 4.74 Å². The summed E-state index contributed by atoms with van der Waals surface area (Å²) in [5.41, 5.74) is 1.38. The number of guanidine groups is 1. The number of amides is 1. The summed E-state index contributed by atoms with van der Waals surface area (Å²) >= 11 is 0. The van der Waals surface area contributed by atoms with Gasteiger partial charge in [-0.05, 0) is 63.4 Å². The van der Waals surface area contributed by atoms with Crippen molar-refractivity contribution in [2.24, 2.45) is 16.8 Å². The number of hydrogen-bond acceptors (Lipinski definition) is 4. The van der Waals surface area contributed by atoms with Crippen molar-refractivity contribution in [1.29, 1.82) is 0 Å². The Morgan fingerprint density at radius 1 is 1.06 bits per heavy atom. The molecule has 0 atom stereocenters. The molecule has 1 aliphatic heterocycles. The molecule has 1 heterocycles. The molecule has 2 fully saturated rings. The molecule has 0 radical (unpaired) electrons. The Labute approximate surface area is 192 Å². The van der Waals surface area contributed by atoms with E-state index < -0.39 is 0 Å². The average Bonchev–Trinajstić information content (AvgIpc) is 2.83. The normalized spacial score (nSPS) is 22.3. The number of aliphatic imine (C=N–C) groups is 1. The van der Waals surface area contributed by atoms with Crippen molar-refractivity contribution in [1.82, 2.24) is 15.5 Å². The third-order valence-electron chi connectivity index (χ3n) is 6.65. The number of piperidine rings is 1. The lowest BCUT2D eigenvalue weighted by Gasteiger charge is -2.32. The molecule has 1 aromatic rings. The first-order valence-electron chi connectivity index (χ1n) is 12.0. The molecule has 7 nitrogen and oxygen atoms in total. The number of carbonyl (C=O) groups is 2. The van der Waals surface area contributed by atoms with Crippen molar-refractivity contribution in [2.45, 2.75) is 57.9 Å². The quantitative estimate of drug-likeness (QED) is 0.385. The first-order valence-corrected chi connectivity index (χ1v) is 12.0. The summed E-state index contributed by atoms with van der Waals surface area (Å²) in [5.74, 6) is 1.35. The molecule has 0 bridgehead atoms. The van der Waals surface area contributed by atoms with Crippen molar-refractivity contribution in [2.75, 3.05) is 33.3 Å². The van der Waals surface area contributed by atoms with Gasteiger partial charge in [0.2, 0.25) is 5.91 Å². The predicted molar refractivity (Wildman–Crippen MR) is 126 cm³/mol. The molecule has 1 saturated carbocycles. The maximum Gasteiger partial charge on any atom is 0.308 e. The standard InChI is InChI=1S/C25H38N4O3/c1-3-32-24(31)21-9-11-22(12-10-21)28-25(26-2)27-18-23(30)29-15-13-20(14-16-29)17-19-7-5-4-6-8-19/h4-8,20-22H,3,9-18H2,1-2H3,(H2,26,27,28). The lowest BCUT2D eigenvalue weighted by atomic mass is 9.86. The van der Waals surface area contributed by atoms with Crippen molar-refractivity contribution >= 4 is 17.8 Å². The fraction of sp³-hybridized carbons (Fsp3) is 0.640. The molecule has 1 aromatic carbocycles. The highest BCUT2D eigenvalue weighted by atomic mass is 16.5. The van der Waals surface area contributed by atoms with Gasteiger partial charge in [0.15, 0.2) is 5.96 Å². The van der Waals surface area contributed by atoms with Crippen molar-refractivity contribution < 1.29 is 14.3 Å². The van der Waals surface area contributed by atoms with Crippen LogP contribution in [0.3, 0.4) is 0 Å². The molecule has 0 aromatic heterocycles. The maximum atomic E-state index is 12.7. The Hall–Kier alpha value is -2.57. The van der Waals surface area contributed by atoms with Gasteiger partial charge in [0.1, 0.15) is 0 Å². The topological polar surface area (TPSA) is 83.0 Å². The third kappa shape index (κ3) is 7.24. The minimum atomic E-state index is -0.0772. The Bertz CT molecular complexity index is 752. The van der Waals surface area contributed by atoms with E-state index in [1.807, 2.05) is 11.8 Å². The number of carbonyl (C=O) groups excluding carboxylic acids is 2. The molecule has 1 amide bonds. The molecular weight excluding hydrogens is 404 g/mol. The van der Waals surface area contributed by atoms with Crippen LogP contribution in [0.1, 0.15) is 51.0 Å². The predicted octanol–water partition coefficient (Wildman–Crippen LogP) is 2.75. The first-order chi connectivity index (χ1) is 15.6. The number of rotatable bonds is 7. The summed E-state index contributed by atoms with van der Waals surface area (Å²) < 4.78 is 5.14. The highest BCUT2D eigenvalue weighted by Crippen LogP contribution is 2.25. The Kier molecular flexibility index (Phi) is 9.38. The van der Waals surface area contributed by atoms with Crippen LogP contribution in [0.2, 0.25) is 0 Å². The van der Waals surface area contributed by atoms with E-state index in [1.54, 1.807) is 7.05 Å². The van der Waals surface area contributed by atoms with E-state index in [0.29, 0.717) is 18.5 Å². The van der Waals surface area contributed by atoms with Crippen molar-refractivity contribution in [3.63, 3.8) is 0 Å². The molecular formula is C25H38N4O3. The average molecular weight is 443 g/mol. The van der Waals surface area contributed by atoms with Gasteiger partial charge in [0.05, 0.1) is 19.1 Å². The number of benzene rings is 1. The molecule has 2 N–H and O–H groups in total. The molecule has 0 unspecified atom stereocenters. The molecule has 1 saturated heterocycles. The van der Waals surface area contributed by atoms with Crippen molar-refractivity contribution in [3.05, 3.63) is 35.9 Å². The van der Waals surface area contributed by atoms with Gasteiger partial charge >= 0.3 is 5.97 Å². The van der Waals surface area contributed by atoms with E-state index in [2.05, 4.69) is 46.0 Å². The van der Waals surface area contributed by atoms with Gasteiger partial charge in [-0.25, -0.2) is 0 Å². The summed E-state index contributed by atoms with van der Waals surface area (Å²) in [7, 11) is 1.72. The van der Waals surface area contributed by atoms with Gasteiger partial charge in [0, 0.05) is 26.2 Å². The number of nitrogens with zero attached hydrogens (tertiary/aromatic N) is 2. The summed E-state index contributed by atoms with van der Waals surface area (Å²) in [4.78, 5) is 30.8.